The molecule has 0 fully saturated rings. The summed E-state index contributed by atoms with van der Waals surface area (Å²) in [5.74, 6) is 1.62. The van der Waals surface area contributed by atoms with Crippen LogP contribution in [0.25, 0.3) is 0 Å². The third-order valence-electron chi connectivity index (χ3n) is 1.98. The van der Waals surface area contributed by atoms with Gasteiger partial charge in [-0.3, -0.25) is 0 Å². The van der Waals surface area contributed by atoms with Crippen LogP contribution in [0.1, 0.15) is 25.7 Å². The fourth-order valence-electron chi connectivity index (χ4n) is 1.21. The molecule has 0 N–H and O–H groups in total. The van der Waals surface area contributed by atoms with Crippen LogP contribution in [0.4, 0.5) is 8.78 Å². The smallest absolute Gasteiger partial charge is 0.308 e. The van der Waals surface area contributed by atoms with E-state index >= 15 is 0 Å². The summed E-state index contributed by atoms with van der Waals surface area (Å²) in [5.41, 5.74) is 0. The monoisotopic (exact) mass is 174 g/mol. The van der Waals surface area contributed by atoms with Crippen molar-refractivity contribution in [1.82, 2.24) is 0 Å². The second-order valence-electron chi connectivity index (χ2n) is 2.94. The van der Waals surface area contributed by atoms with E-state index in [9.17, 15) is 8.78 Å². The fourth-order valence-corrected chi connectivity index (χ4v) is 1.21. The molecule has 1 nitrogen and oxygen atoms in total. The highest BCUT2D eigenvalue weighted by molar-refractivity contribution is 5.10. The number of ether oxygens (including phenoxy) is 1. The van der Waals surface area contributed by atoms with Gasteiger partial charge in [-0.15, -0.1) is 0 Å². The summed E-state index contributed by atoms with van der Waals surface area (Å²) in [6, 6.07) is 0. The number of hydrogen-bond donors (Lipinski definition) is 0. The maximum Gasteiger partial charge on any atom is 0.308 e. The van der Waals surface area contributed by atoms with Crippen molar-refractivity contribution in [2.24, 2.45) is 0 Å². The van der Waals surface area contributed by atoms with E-state index in [0.717, 1.165) is 6.42 Å². The Hall–Kier alpha value is -0.620. The van der Waals surface area contributed by atoms with E-state index in [1.165, 1.54) is 0 Å². The SMILES string of the molecule is COC1CCC#CC(F)(F)CC1. The van der Waals surface area contributed by atoms with Crippen LogP contribution in [0, 0.1) is 11.8 Å². The highest BCUT2D eigenvalue weighted by Crippen LogP contribution is 2.24. The number of rotatable bonds is 1. The number of methoxy groups -OCH3 is 1. The Kier molecular flexibility index (Phi) is 3.05. The summed E-state index contributed by atoms with van der Waals surface area (Å²) in [6.07, 6.45) is 1.44. The Labute approximate surface area is 71.1 Å². The Morgan fingerprint density at radius 2 is 2.17 bits per heavy atom. The first kappa shape index (κ1) is 9.47. The van der Waals surface area contributed by atoms with Gasteiger partial charge in [0.15, 0.2) is 0 Å². The van der Waals surface area contributed by atoms with Crippen LogP contribution < -0.4 is 0 Å². The number of halogens is 2. The Morgan fingerprint density at radius 3 is 2.83 bits per heavy atom. The average Bonchev–Trinajstić information content (AvgIpc) is 2.00. The first-order valence-electron chi connectivity index (χ1n) is 4.05. The first-order valence-corrected chi connectivity index (χ1v) is 4.05. The van der Waals surface area contributed by atoms with Crippen molar-refractivity contribution < 1.29 is 13.5 Å². The van der Waals surface area contributed by atoms with Crippen molar-refractivity contribution in [1.29, 1.82) is 0 Å². The molecule has 0 heterocycles. The van der Waals surface area contributed by atoms with E-state index in [1.54, 1.807) is 7.11 Å². The molecule has 0 spiro atoms. The molecule has 0 amide bonds. The van der Waals surface area contributed by atoms with Crippen molar-refractivity contribution in [3.05, 3.63) is 0 Å². The summed E-state index contributed by atoms with van der Waals surface area (Å²) >= 11 is 0. The molecular formula is C9H12F2O. The highest BCUT2D eigenvalue weighted by atomic mass is 19.3. The molecule has 1 rings (SSSR count). The van der Waals surface area contributed by atoms with Gasteiger partial charge in [-0.2, -0.15) is 8.78 Å². The van der Waals surface area contributed by atoms with Gasteiger partial charge in [0.25, 0.3) is 0 Å². The predicted molar refractivity (Wildman–Crippen MR) is 42.0 cm³/mol. The van der Waals surface area contributed by atoms with Gasteiger partial charge in [0, 0.05) is 20.0 Å². The normalized spacial score (nSPS) is 28.1. The van der Waals surface area contributed by atoms with E-state index in [2.05, 4.69) is 5.92 Å². The van der Waals surface area contributed by atoms with Gasteiger partial charge < -0.3 is 4.74 Å². The molecule has 0 aliphatic heterocycles. The molecule has 0 aromatic heterocycles. The zero-order chi connectivity index (χ0) is 9.03. The molecule has 0 saturated carbocycles. The number of hydrogen-bond acceptors (Lipinski definition) is 1. The summed E-state index contributed by atoms with van der Waals surface area (Å²) in [5, 5.41) is 0. The van der Waals surface area contributed by atoms with Crippen molar-refractivity contribution in [2.45, 2.75) is 37.7 Å². The molecule has 1 aliphatic carbocycles. The largest absolute Gasteiger partial charge is 0.381 e. The van der Waals surface area contributed by atoms with E-state index in [1.807, 2.05) is 5.92 Å². The zero-order valence-electron chi connectivity index (χ0n) is 7.07. The zero-order valence-corrected chi connectivity index (χ0v) is 7.07. The molecule has 3 heteroatoms. The van der Waals surface area contributed by atoms with E-state index in [4.69, 9.17) is 4.74 Å². The summed E-state index contributed by atoms with van der Waals surface area (Å²) in [6.45, 7) is 0. The Balaban J connectivity index is 2.56. The highest BCUT2D eigenvalue weighted by Gasteiger charge is 2.27. The van der Waals surface area contributed by atoms with Crippen molar-refractivity contribution in [3.63, 3.8) is 0 Å². The lowest BCUT2D eigenvalue weighted by Gasteiger charge is -2.18. The molecule has 0 bridgehead atoms. The van der Waals surface area contributed by atoms with Gasteiger partial charge in [0.2, 0.25) is 0 Å². The quantitative estimate of drug-likeness (QED) is 0.554. The molecule has 0 saturated heterocycles. The fraction of sp³-hybridized carbons (Fsp3) is 0.778. The van der Waals surface area contributed by atoms with Crippen LogP contribution in [0.3, 0.4) is 0 Å². The van der Waals surface area contributed by atoms with Crippen LogP contribution >= 0.6 is 0 Å². The third-order valence-corrected chi connectivity index (χ3v) is 1.98. The first-order chi connectivity index (χ1) is 5.64. The molecule has 0 aromatic rings. The van der Waals surface area contributed by atoms with Gasteiger partial charge in [0.1, 0.15) is 0 Å². The number of alkyl halides is 2. The second-order valence-corrected chi connectivity index (χ2v) is 2.94. The van der Waals surface area contributed by atoms with Gasteiger partial charge in [0.05, 0.1) is 6.10 Å². The molecule has 0 radical (unpaired) electrons. The summed E-state index contributed by atoms with van der Waals surface area (Å²) < 4.78 is 30.5. The maximum atomic E-state index is 12.7. The minimum absolute atomic E-state index is 0.0505. The van der Waals surface area contributed by atoms with E-state index in [-0.39, 0.29) is 12.5 Å². The summed E-state index contributed by atoms with van der Waals surface area (Å²) in [7, 11) is 1.55. The predicted octanol–water partition coefficient (Wildman–Crippen LogP) is 2.21. The van der Waals surface area contributed by atoms with Crippen LogP contribution in [0.15, 0.2) is 0 Å². The summed E-state index contributed by atoms with van der Waals surface area (Å²) in [4.78, 5) is 0. The van der Waals surface area contributed by atoms with E-state index < -0.39 is 5.92 Å². The lowest BCUT2D eigenvalue weighted by Crippen LogP contribution is -2.20. The molecule has 68 valence electrons. The van der Waals surface area contributed by atoms with E-state index in [0.29, 0.717) is 12.8 Å². The maximum absolute atomic E-state index is 12.7. The molecule has 0 aromatic carbocycles. The van der Waals surface area contributed by atoms with Crippen molar-refractivity contribution in [3.8, 4) is 11.8 Å². The van der Waals surface area contributed by atoms with Gasteiger partial charge in [-0.25, -0.2) is 0 Å². The van der Waals surface area contributed by atoms with Crippen LogP contribution in [0.5, 0.6) is 0 Å². The van der Waals surface area contributed by atoms with Crippen LogP contribution in [-0.2, 0) is 4.74 Å². The topological polar surface area (TPSA) is 9.23 Å². The molecule has 1 aliphatic rings. The average molecular weight is 174 g/mol. The third kappa shape index (κ3) is 2.78. The lowest BCUT2D eigenvalue weighted by atomic mass is 10.0. The van der Waals surface area contributed by atoms with Crippen molar-refractivity contribution >= 4 is 0 Å². The molecule has 1 atom stereocenters. The molecule has 1 unspecified atom stereocenters. The minimum atomic E-state index is -2.81. The molecular weight excluding hydrogens is 162 g/mol. The molecule has 12 heavy (non-hydrogen) atoms. The Bertz CT molecular complexity index is 202. The van der Waals surface area contributed by atoms with Gasteiger partial charge >= 0.3 is 5.92 Å². The van der Waals surface area contributed by atoms with Gasteiger partial charge in [-0.05, 0) is 18.8 Å². The van der Waals surface area contributed by atoms with Gasteiger partial charge in [-0.1, -0.05) is 5.92 Å². The lowest BCUT2D eigenvalue weighted by molar-refractivity contribution is 0.0198. The van der Waals surface area contributed by atoms with Crippen LogP contribution in [0.2, 0.25) is 0 Å². The Morgan fingerprint density at radius 1 is 1.42 bits per heavy atom. The standard InChI is InChI=1S/C9H12F2O/c1-12-8-4-2-3-6-9(10,11)7-5-8/h8H,2,4-5,7H2,1H3. The van der Waals surface area contributed by atoms with Crippen molar-refractivity contribution in [2.75, 3.05) is 7.11 Å². The second kappa shape index (κ2) is 3.86. The minimum Gasteiger partial charge on any atom is -0.381 e. The van der Waals surface area contributed by atoms with Crippen LogP contribution in [-0.4, -0.2) is 19.1 Å².